The molecule has 0 aromatic heterocycles. The van der Waals surface area contributed by atoms with E-state index in [0.717, 1.165) is 22.4 Å². The van der Waals surface area contributed by atoms with Gasteiger partial charge in [-0.25, -0.2) is 0 Å². The van der Waals surface area contributed by atoms with Crippen LogP contribution in [0.1, 0.15) is 46.9 Å². The number of para-hydroxylation sites is 1. The molecule has 0 fully saturated rings. The van der Waals surface area contributed by atoms with Crippen LogP contribution in [0.4, 0.5) is 0 Å². The fraction of sp³-hybridized carbons (Fsp3) is 0.240. The van der Waals surface area contributed by atoms with Crippen LogP contribution in [0.2, 0.25) is 5.02 Å². The van der Waals surface area contributed by atoms with Crippen LogP contribution in [0.3, 0.4) is 0 Å². The summed E-state index contributed by atoms with van der Waals surface area (Å²) in [5.41, 5.74) is 3.43. The number of rotatable bonds is 8. The van der Waals surface area contributed by atoms with E-state index in [1.165, 1.54) is 0 Å². The largest absolute Gasteiger partial charge is 0.493 e. The second-order valence-corrected chi connectivity index (χ2v) is 7.49. The van der Waals surface area contributed by atoms with Crippen molar-refractivity contribution in [3.63, 3.8) is 0 Å². The van der Waals surface area contributed by atoms with Crippen LogP contribution in [0.5, 0.6) is 11.5 Å². The Balaban J connectivity index is 1.76. The number of aryl methyl sites for hydroxylation is 1. The highest BCUT2D eigenvalue weighted by atomic mass is 35.5. The van der Waals surface area contributed by atoms with E-state index in [1.807, 2.05) is 81.4 Å². The van der Waals surface area contributed by atoms with Crippen molar-refractivity contribution in [1.29, 1.82) is 0 Å². The summed E-state index contributed by atoms with van der Waals surface area (Å²) in [5, 5.41) is 3.70. The zero-order chi connectivity index (χ0) is 21.5. The van der Waals surface area contributed by atoms with Gasteiger partial charge in [0.05, 0.1) is 12.6 Å². The van der Waals surface area contributed by atoms with E-state index < -0.39 is 0 Å². The van der Waals surface area contributed by atoms with Crippen LogP contribution >= 0.6 is 11.6 Å². The molecule has 1 N–H and O–H groups in total. The second kappa shape index (κ2) is 10.2. The fourth-order valence-corrected chi connectivity index (χ4v) is 3.24. The third-order valence-corrected chi connectivity index (χ3v) is 5.07. The van der Waals surface area contributed by atoms with Gasteiger partial charge in [0.25, 0.3) is 5.91 Å². The Morgan fingerprint density at radius 2 is 1.73 bits per heavy atom. The monoisotopic (exact) mass is 423 g/mol. The molecule has 5 heteroatoms. The van der Waals surface area contributed by atoms with Crippen molar-refractivity contribution in [2.24, 2.45) is 0 Å². The number of halogens is 1. The maximum absolute atomic E-state index is 12.8. The van der Waals surface area contributed by atoms with Gasteiger partial charge in [0.2, 0.25) is 0 Å². The van der Waals surface area contributed by atoms with Crippen LogP contribution in [0.25, 0.3) is 0 Å². The lowest BCUT2D eigenvalue weighted by Gasteiger charge is -2.17. The lowest BCUT2D eigenvalue weighted by molar-refractivity contribution is 0.0939. The third-order valence-electron chi connectivity index (χ3n) is 4.82. The van der Waals surface area contributed by atoms with Crippen molar-refractivity contribution in [2.45, 2.75) is 33.4 Å². The van der Waals surface area contributed by atoms with Crippen molar-refractivity contribution >= 4 is 17.5 Å². The smallest absolute Gasteiger partial charge is 0.251 e. The lowest BCUT2D eigenvalue weighted by atomic mass is 10.1. The van der Waals surface area contributed by atoms with Gasteiger partial charge in [0.15, 0.2) is 0 Å². The van der Waals surface area contributed by atoms with Crippen LogP contribution in [0.15, 0.2) is 66.7 Å². The normalized spacial score (nSPS) is 11.6. The molecule has 3 aromatic carbocycles. The predicted molar refractivity (Wildman–Crippen MR) is 120 cm³/mol. The predicted octanol–water partition coefficient (Wildman–Crippen LogP) is 6.12. The van der Waals surface area contributed by atoms with Gasteiger partial charge in [0, 0.05) is 16.1 Å². The summed E-state index contributed by atoms with van der Waals surface area (Å²) < 4.78 is 11.7. The van der Waals surface area contributed by atoms with E-state index >= 15 is 0 Å². The molecule has 1 atom stereocenters. The molecule has 3 rings (SSSR count). The molecule has 0 aliphatic carbocycles. The summed E-state index contributed by atoms with van der Waals surface area (Å²) in [6, 6.07) is 20.6. The summed E-state index contributed by atoms with van der Waals surface area (Å²) >= 11 is 5.95. The minimum Gasteiger partial charge on any atom is -0.493 e. The van der Waals surface area contributed by atoms with E-state index in [0.29, 0.717) is 29.5 Å². The second-order valence-electron chi connectivity index (χ2n) is 7.06. The fourth-order valence-electron chi connectivity index (χ4n) is 3.12. The maximum atomic E-state index is 12.8. The number of hydrogen-bond acceptors (Lipinski definition) is 3. The van der Waals surface area contributed by atoms with Crippen molar-refractivity contribution in [3.8, 4) is 11.5 Å². The van der Waals surface area contributed by atoms with Gasteiger partial charge in [-0.05, 0) is 68.3 Å². The molecule has 1 unspecified atom stereocenters. The number of benzene rings is 3. The maximum Gasteiger partial charge on any atom is 0.251 e. The van der Waals surface area contributed by atoms with Crippen molar-refractivity contribution in [3.05, 3.63) is 94.0 Å². The van der Waals surface area contributed by atoms with Gasteiger partial charge in [-0.15, -0.1) is 0 Å². The Morgan fingerprint density at radius 3 is 2.43 bits per heavy atom. The van der Waals surface area contributed by atoms with Crippen molar-refractivity contribution in [2.75, 3.05) is 6.61 Å². The van der Waals surface area contributed by atoms with E-state index in [9.17, 15) is 4.79 Å². The summed E-state index contributed by atoms with van der Waals surface area (Å²) in [4.78, 5) is 12.8. The lowest BCUT2D eigenvalue weighted by Crippen LogP contribution is -2.26. The summed E-state index contributed by atoms with van der Waals surface area (Å²) in [6.45, 7) is 6.73. The Kier molecular flexibility index (Phi) is 7.36. The Labute approximate surface area is 182 Å². The van der Waals surface area contributed by atoms with Crippen molar-refractivity contribution in [1.82, 2.24) is 5.32 Å². The first-order valence-corrected chi connectivity index (χ1v) is 10.4. The molecular formula is C25H26ClNO3. The molecule has 30 heavy (non-hydrogen) atoms. The Hall–Kier alpha value is -2.98. The molecule has 0 heterocycles. The first-order valence-electron chi connectivity index (χ1n) is 9.98. The standard InChI is InChI=1S/C25H26ClNO3/c1-4-29-24-14-11-20(15-21(24)16-30-23-8-6-5-7-17(23)2)25(28)27-18(3)19-9-12-22(26)13-10-19/h5-15,18H,4,16H2,1-3H3,(H,27,28). The van der Waals surface area contributed by atoms with Crippen molar-refractivity contribution < 1.29 is 14.3 Å². The number of nitrogens with one attached hydrogen (secondary N) is 1. The average molecular weight is 424 g/mol. The Morgan fingerprint density at radius 1 is 1.00 bits per heavy atom. The first-order chi connectivity index (χ1) is 14.5. The minimum atomic E-state index is -0.155. The SMILES string of the molecule is CCOc1ccc(C(=O)NC(C)c2ccc(Cl)cc2)cc1COc1ccccc1C. The molecule has 0 saturated carbocycles. The number of carbonyl (C=O) groups is 1. The topological polar surface area (TPSA) is 47.6 Å². The van der Waals surface area contributed by atoms with Gasteiger partial charge >= 0.3 is 0 Å². The highest BCUT2D eigenvalue weighted by Crippen LogP contribution is 2.25. The Bertz CT molecular complexity index is 1000. The minimum absolute atomic E-state index is 0.145. The van der Waals surface area contributed by atoms with E-state index in [1.54, 1.807) is 6.07 Å². The number of ether oxygens (including phenoxy) is 2. The quantitative estimate of drug-likeness (QED) is 0.475. The molecule has 0 aliphatic rings. The first kappa shape index (κ1) is 21.7. The van der Waals surface area contributed by atoms with Crippen LogP contribution in [-0.2, 0) is 6.61 Å². The summed E-state index contributed by atoms with van der Waals surface area (Å²) in [7, 11) is 0. The average Bonchev–Trinajstić information content (AvgIpc) is 2.74. The van der Waals surface area contributed by atoms with Gasteiger partial charge in [-0.3, -0.25) is 4.79 Å². The van der Waals surface area contributed by atoms with E-state index in [4.69, 9.17) is 21.1 Å². The highest BCUT2D eigenvalue weighted by molar-refractivity contribution is 6.30. The zero-order valence-corrected chi connectivity index (χ0v) is 18.2. The van der Waals surface area contributed by atoms with E-state index in [2.05, 4.69) is 5.32 Å². The molecule has 4 nitrogen and oxygen atoms in total. The van der Waals surface area contributed by atoms with E-state index in [-0.39, 0.29) is 11.9 Å². The number of amides is 1. The van der Waals surface area contributed by atoms with Crippen LogP contribution in [-0.4, -0.2) is 12.5 Å². The van der Waals surface area contributed by atoms with Gasteiger partial charge in [0.1, 0.15) is 18.1 Å². The molecule has 0 bridgehead atoms. The molecule has 1 amide bonds. The third kappa shape index (κ3) is 5.55. The van der Waals surface area contributed by atoms with Crippen LogP contribution in [0, 0.1) is 6.92 Å². The van der Waals surface area contributed by atoms with Gasteiger partial charge in [-0.1, -0.05) is 41.9 Å². The zero-order valence-electron chi connectivity index (χ0n) is 17.4. The van der Waals surface area contributed by atoms with Gasteiger partial charge in [-0.2, -0.15) is 0 Å². The van der Waals surface area contributed by atoms with Crippen LogP contribution < -0.4 is 14.8 Å². The molecule has 0 aliphatic heterocycles. The molecule has 0 radical (unpaired) electrons. The van der Waals surface area contributed by atoms with Gasteiger partial charge < -0.3 is 14.8 Å². The molecular weight excluding hydrogens is 398 g/mol. The number of hydrogen-bond donors (Lipinski definition) is 1. The number of carbonyl (C=O) groups excluding carboxylic acids is 1. The molecule has 3 aromatic rings. The molecule has 0 saturated heterocycles. The highest BCUT2D eigenvalue weighted by Gasteiger charge is 2.15. The molecule has 0 spiro atoms. The summed E-state index contributed by atoms with van der Waals surface area (Å²) in [5.74, 6) is 1.37. The summed E-state index contributed by atoms with van der Waals surface area (Å²) in [6.07, 6.45) is 0. The molecule has 156 valence electrons.